The molecule has 0 aliphatic rings. The Kier molecular flexibility index (Phi) is 3.29. The number of hydrogen-bond acceptors (Lipinski definition) is 2. The molecule has 0 fully saturated rings. The minimum atomic E-state index is -0.906. The van der Waals surface area contributed by atoms with Crippen molar-refractivity contribution in [1.82, 2.24) is 0 Å². The molecule has 1 rings (SSSR count). The lowest BCUT2D eigenvalue weighted by Gasteiger charge is -1.99. The first-order chi connectivity index (χ1) is 6.74. The van der Waals surface area contributed by atoms with Crippen molar-refractivity contribution in [2.75, 3.05) is 0 Å². The van der Waals surface area contributed by atoms with Crippen molar-refractivity contribution in [3.8, 4) is 17.9 Å². The molecule has 1 aromatic carbocycles. The van der Waals surface area contributed by atoms with Gasteiger partial charge in [-0.25, -0.2) is 0 Å². The minimum Gasteiger partial charge on any atom is -0.481 e. The summed E-state index contributed by atoms with van der Waals surface area (Å²) in [5.74, 6) is 3.93. The van der Waals surface area contributed by atoms with Crippen molar-refractivity contribution in [3.05, 3.63) is 35.4 Å². The highest BCUT2D eigenvalue weighted by Gasteiger charge is 2.03. The molecule has 0 spiro atoms. The average Bonchev–Trinajstić information content (AvgIpc) is 2.16. The molecule has 0 aliphatic carbocycles. The predicted octanol–water partition coefficient (Wildman–Crippen LogP) is 1.19. The van der Waals surface area contributed by atoms with Crippen LogP contribution in [0, 0.1) is 23.2 Å². The lowest BCUT2D eigenvalue weighted by atomic mass is 10.1. The molecule has 0 saturated heterocycles. The summed E-state index contributed by atoms with van der Waals surface area (Å²) in [5, 5.41) is 16.9. The molecule has 0 heterocycles. The minimum absolute atomic E-state index is 0.0731. The molecule has 14 heavy (non-hydrogen) atoms. The van der Waals surface area contributed by atoms with E-state index in [1.54, 1.807) is 30.3 Å². The van der Waals surface area contributed by atoms with Gasteiger partial charge in [-0.15, -0.1) is 0 Å². The van der Waals surface area contributed by atoms with Gasteiger partial charge in [0.05, 0.1) is 6.42 Å². The van der Waals surface area contributed by atoms with Gasteiger partial charge in [-0.1, -0.05) is 24.1 Å². The Hall–Kier alpha value is -2.26. The van der Waals surface area contributed by atoms with Gasteiger partial charge in [-0.2, -0.15) is 5.26 Å². The van der Waals surface area contributed by atoms with Crippen molar-refractivity contribution in [2.24, 2.45) is 0 Å². The number of benzene rings is 1. The number of carboxylic acid groups (broad SMARTS) is 1. The lowest BCUT2D eigenvalue weighted by molar-refractivity contribution is -0.136. The molecule has 0 radical (unpaired) electrons. The summed E-state index contributed by atoms with van der Waals surface area (Å²) in [6.07, 6.45) is -0.0731. The highest BCUT2D eigenvalue weighted by molar-refractivity contribution is 5.71. The standard InChI is InChI=1S/C11H7NO2/c12-7-3-6-9-4-1-2-5-10(9)8-11(13)14/h1-2,4-5H,8H2,(H,13,14). The number of hydrogen-bond donors (Lipinski definition) is 1. The van der Waals surface area contributed by atoms with Crippen LogP contribution in [0.15, 0.2) is 24.3 Å². The van der Waals surface area contributed by atoms with Crippen LogP contribution in [0.4, 0.5) is 0 Å². The Morgan fingerprint density at radius 3 is 2.79 bits per heavy atom. The number of carboxylic acids is 1. The van der Waals surface area contributed by atoms with E-state index in [2.05, 4.69) is 11.8 Å². The van der Waals surface area contributed by atoms with E-state index >= 15 is 0 Å². The fraction of sp³-hybridized carbons (Fsp3) is 0.0909. The monoisotopic (exact) mass is 185 g/mol. The predicted molar refractivity (Wildman–Crippen MR) is 50.3 cm³/mol. The zero-order chi connectivity index (χ0) is 10.4. The fourth-order valence-electron chi connectivity index (χ4n) is 1.05. The Labute approximate surface area is 81.6 Å². The number of aliphatic carboxylic acids is 1. The maximum absolute atomic E-state index is 10.5. The highest BCUT2D eigenvalue weighted by atomic mass is 16.4. The zero-order valence-electron chi connectivity index (χ0n) is 7.32. The molecular weight excluding hydrogens is 178 g/mol. The molecule has 3 nitrogen and oxygen atoms in total. The van der Waals surface area contributed by atoms with Crippen LogP contribution < -0.4 is 0 Å². The van der Waals surface area contributed by atoms with Crippen molar-refractivity contribution in [1.29, 1.82) is 5.26 Å². The van der Waals surface area contributed by atoms with Crippen LogP contribution in [0.2, 0.25) is 0 Å². The highest BCUT2D eigenvalue weighted by Crippen LogP contribution is 2.07. The second kappa shape index (κ2) is 4.69. The van der Waals surface area contributed by atoms with Crippen molar-refractivity contribution >= 4 is 5.97 Å². The molecule has 0 unspecified atom stereocenters. The van der Waals surface area contributed by atoms with E-state index < -0.39 is 5.97 Å². The molecule has 1 N–H and O–H groups in total. The van der Waals surface area contributed by atoms with Gasteiger partial charge in [0.15, 0.2) is 6.07 Å². The van der Waals surface area contributed by atoms with Gasteiger partial charge in [0.2, 0.25) is 0 Å². The zero-order valence-corrected chi connectivity index (χ0v) is 7.32. The summed E-state index contributed by atoms with van der Waals surface area (Å²) in [6, 6.07) is 8.58. The topological polar surface area (TPSA) is 61.1 Å². The Bertz CT molecular complexity index is 446. The fourth-order valence-corrected chi connectivity index (χ4v) is 1.05. The largest absolute Gasteiger partial charge is 0.481 e. The van der Waals surface area contributed by atoms with Crippen molar-refractivity contribution < 1.29 is 9.90 Å². The molecule has 0 amide bonds. The van der Waals surface area contributed by atoms with Gasteiger partial charge in [0, 0.05) is 11.5 Å². The number of rotatable bonds is 2. The van der Waals surface area contributed by atoms with Gasteiger partial charge < -0.3 is 5.11 Å². The molecule has 0 bridgehead atoms. The SMILES string of the molecule is N#CC#Cc1ccccc1CC(=O)O. The average molecular weight is 185 g/mol. The van der Waals surface area contributed by atoms with E-state index in [0.717, 1.165) is 0 Å². The summed E-state index contributed by atoms with van der Waals surface area (Å²) in [4.78, 5) is 10.5. The Morgan fingerprint density at radius 2 is 2.14 bits per heavy atom. The summed E-state index contributed by atoms with van der Waals surface area (Å²) < 4.78 is 0. The first-order valence-corrected chi connectivity index (χ1v) is 3.94. The van der Waals surface area contributed by atoms with Crippen LogP contribution in [0.25, 0.3) is 0 Å². The van der Waals surface area contributed by atoms with Crippen LogP contribution in [0.5, 0.6) is 0 Å². The Morgan fingerprint density at radius 1 is 1.43 bits per heavy atom. The Balaban J connectivity index is 3.04. The van der Waals surface area contributed by atoms with E-state index in [1.807, 2.05) is 0 Å². The van der Waals surface area contributed by atoms with E-state index in [4.69, 9.17) is 10.4 Å². The summed E-state index contributed by atoms with van der Waals surface area (Å²) >= 11 is 0. The first-order valence-electron chi connectivity index (χ1n) is 3.94. The molecule has 0 saturated carbocycles. The van der Waals surface area contributed by atoms with Crippen molar-refractivity contribution in [2.45, 2.75) is 6.42 Å². The maximum Gasteiger partial charge on any atom is 0.307 e. The maximum atomic E-state index is 10.5. The van der Waals surface area contributed by atoms with E-state index in [-0.39, 0.29) is 6.42 Å². The molecule has 0 atom stereocenters. The number of nitrogens with zero attached hydrogens (tertiary/aromatic N) is 1. The van der Waals surface area contributed by atoms with E-state index in [0.29, 0.717) is 11.1 Å². The summed E-state index contributed by atoms with van der Waals surface area (Å²) in [7, 11) is 0. The second-order valence-corrected chi connectivity index (χ2v) is 2.59. The third-order valence-electron chi connectivity index (χ3n) is 1.61. The molecule has 0 aliphatic heterocycles. The van der Waals surface area contributed by atoms with E-state index in [1.165, 1.54) is 0 Å². The smallest absolute Gasteiger partial charge is 0.307 e. The quantitative estimate of drug-likeness (QED) is 0.704. The number of nitriles is 1. The molecule has 68 valence electrons. The number of carbonyl (C=O) groups is 1. The van der Waals surface area contributed by atoms with Crippen LogP contribution in [-0.4, -0.2) is 11.1 Å². The van der Waals surface area contributed by atoms with E-state index in [9.17, 15) is 4.79 Å². The van der Waals surface area contributed by atoms with Crippen LogP contribution >= 0.6 is 0 Å². The van der Waals surface area contributed by atoms with Crippen LogP contribution in [0.1, 0.15) is 11.1 Å². The van der Waals surface area contributed by atoms with Gasteiger partial charge in [-0.3, -0.25) is 4.79 Å². The normalized spacial score (nSPS) is 8.21. The van der Waals surface area contributed by atoms with Crippen LogP contribution in [-0.2, 0) is 11.2 Å². The van der Waals surface area contributed by atoms with Crippen LogP contribution in [0.3, 0.4) is 0 Å². The first kappa shape index (κ1) is 9.83. The lowest BCUT2D eigenvalue weighted by Crippen LogP contribution is -2.01. The third-order valence-corrected chi connectivity index (χ3v) is 1.61. The molecule has 1 aromatic rings. The van der Waals surface area contributed by atoms with Gasteiger partial charge in [0.1, 0.15) is 0 Å². The molecule has 3 heteroatoms. The summed E-state index contributed by atoms with van der Waals surface area (Å²) in [5.41, 5.74) is 1.22. The second-order valence-electron chi connectivity index (χ2n) is 2.59. The summed E-state index contributed by atoms with van der Waals surface area (Å²) in [6.45, 7) is 0. The van der Waals surface area contributed by atoms with Gasteiger partial charge in [-0.05, 0) is 11.6 Å². The molecule has 0 aromatic heterocycles. The third kappa shape index (κ3) is 2.66. The van der Waals surface area contributed by atoms with Crippen molar-refractivity contribution in [3.63, 3.8) is 0 Å². The van der Waals surface area contributed by atoms with Gasteiger partial charge in [0.25, 0.3) is 0 Å². The molecular formula is C11H7NO2. The van der Waals surface area contributed by atoms with Gasteiger partial charge >= 0.3 is 5.97 Å².